The Labute approximate surface area is 120 Å². The van der Waals surface area contributed by atoms with Crippen LogP contribution in [0.3, 0.4) is 0 Å². The topological polar surface area (TPSA) is 39.1 Å². The number of ether oxygens (including phenoxy) is 1. The molecule has 0 saturated carbocycles. The van der Waals surface area contributed by atoms with Crippen molar-refractivity contribution in [3.8, 4) is 5.75 Å². The first kappa shape index (κ1) is 14.4. The van der Waals surface area contributed by atoms with E-state index in [4.69, 9.17) is 4.74 Å². The molecule has 1 aromatic heterocycles. The zero-order chi connectivity index (χ0) is 14.7. The lowest BCUT2D eigenvalue weighted by Gasteiger charge is -2.19. The summed E-state index contributed by atoms with van der Waals surface area (Å²) in [5, 5.41) is 3.39. The maximum absolute atomic E-state index is 5.20. The van der Waals surface area contributed by atoms with E-state index < -0.39 is 0 Å². The van der Waals surface area contributed by atoms with Crippen molar-refractivity contribution >= 4 is 5.95 Å². The summed E-state index contributed by atoms with van der Waals surface area (Å²) >= 11 is 0. The molecule has 4 heteroatoms. The number of nitrogens with zero attached hydrogens (tertiary/aromatic N) is 2. The maximum atomic E-state index is 5.20. The number of rotatable bonds is 5. The van der Waals surface area contributed by atoms with Gasteiger partial charge >= 0.3 is 0 Å². The van der Waals surface area contributed by atoms with Crippen LogP contribution in [0.1, 0.15) is 38.1 Å². The molecule has 1 N–H and O–H groups in total. The molecule has 20 heavy (non-hydrogen) atoms. The second-order valence-electron chi connectivity index (χ2n) is 5.36. The lowest BCUT2D eigenvalue weighted by Crippen LogP contribution is -2.16. The van der Waals surface area contributed by atoms with Crippen molar-refractivity contribution in [3.63, 3.8) is 0 Å². The Balaban J connectivity index is 2.29. The first-order valence-electron chi connectivity index (χ1n) is 6.97. The number of aromatic nitrogens is 2. The minimum atomic E-state index is 0.225. The Hall–Kier alpha value is -1.97. The van der Waals surface area contributed by atoms with Gasteiger partial charge in [-0.2, -0.15) is 0 Å². The van der Waals surface area contributed by atoms with Crippen LogP contribution < -0.4 is 10.1 Å². The maximum Gasteiger partial charge on any atom is 0.203 e. The molecule has 0 spiro atoms. The van der Waals surface area contributed by atoms with Crippen LogP contribution in [0.25, 0.3) is 0 Å². The summed E-state index contributed by atoms with van der Waals surface area (Å²) in [4.78, 5) is 4.56. The zero-order valence-corrected chi connectivity index (χ0v) is 12.8. The van der Waals surface area contributed by atoms with Crippen molar-refractivity contribution in [2.45, 2.75) is 39.8 Å². The van der Waals surface area contributed by atoms with Crippen molar-refractivity contribution in [3.05, 3.63) is 41.7 Å². The van der Waals surface area contributed by atoms with Gasteiger partial charge in [-0.3, -0.25) is 0 Å². The molecule has 4 nitrogen and oxygen atoms in total. The van der Waals surface area contributed by atoms with E-state index in [9.17, 15) is 0 Å². The number of methoxy groups -OCH3 is 1. The Bertz CT molecular complexity index is 558. The third-order valence-electron chi connectivity index (χ3n) is 3.29. The minimum Gasteiger partial charge on any atom is -0.497 e. The normalized spacial score (nSPS) is 12.5. The van der Waals surface area contributed by atoms with Gasteiger partial charge in [0, 0.05) is 12.2 Å². The van der Waals surface area contributed by atoms with Crippen LogP contribution in [0.15, 0.2) is 30.5 Å². The third-order valence-corrected chi connectivity index (χ3v) is 3.29. The van der Waals surface area contributed by atoms with E-state index in [2.05, 4.69) is 54.0 Å². The van der Waals surface area contributed by atoms with Crippen molar-refractivity contribution in [2.24, 2.45) is 0 Å². The largest absolute Gasteiger partial charge is 0.497 e. The molecule has 1 heterocycles. The molecule has 0 radical (unpaired) electrons. The second kappa shape index (κ2) is 5.99. The molecule has 0 aliphatic carbocycles. The first-order valence-corrected chi connectivity index (χ1v) is 6.97. The number of hydrogen-bond acceptors (Lipinski definition) is 3. The summed E-state index contributed by atoms with van der Waals surface area (Å²) in [6, 6.07) is 8.76. The molecule has 1 aromatic carbocycles. The van der Waals surface area contributed by atoms with Crippen molar-refractivity contribution in [2.75, 3.05) is 12.4 Å². The summed E-state index contributed by atoms with van der Waals surface area (Å²) in [7, 11) is 1.68. The highest BCUT2D eigenvalue weighted by molar-refractivity contribution is 5.35. The Morgan fingerprint density at radius 1 is 1.15 bits per heavy atom. The van der Waals surface area contributed by atoms with Crippen LogP contribution in [0.2, 0.25) is 0 Å². The number of nitrogens with one attached hydrogen (secondary N) is 1. The van der Waals surface area contributed by atoms with Gasteiger partial charge < -0.3 is 14.6 Å². The van der Waals surface area contributed by atoms with Gasteiger partial charge in [0.15, 0.2) is 0 Å². The monoisotopic (exact) mass is 273 g/mol. The van der Waals surface area contributed by atoms with Gasteiger partial charge in [-0.25, -0.2) is 4.98 Å². The SMILES string of the molecule is COc1ccc(C(C)n2cc(C)nc2NC(C)C)cc1. The van der Waals surface area contributed by atoms with Crippen molar-refractivity contribution in [1.82, 2.24) is 9.55 Å². The molecular weight excluding hydrogens is 250 g/mol. The number of benzene rings is 1. The number of anilines is 1. The average molecular weight is 273 g/mol. The molecule has 0 fully saturated rings. The van der Waals surface area contributed by atoms with E-state index in [1.54, 1.807) is 7.11 Å². The molecule has 1 unspecified atom stereocenters. The smallest absolute Gasteiger partial charge is 0.203 e. The van der Waals surface area contributed by atoms with E-state index in [1.165, 1.54) is 5.56 Å². The highest BCUT2D eigenvalue weighted by Crippen LogP contribution is 2.25. The van der Waals surface area contributed by atoms with Gasteiger partial charge in [0.25, 0.3) is 0 Å². The highest BCUT2D eigenvalue weighted by Gasteiger charge is 2.14. The number of aryl methyl sites for hydroxylation is 1. The third kappa shape index (κ3) is 3.13. The molecule has 0 saturated heterocycles. The highest BCUT2D eigenvalue weighted by atomic mass is 16.5. The molecule has 0 bridgehead atoms. The lowest BCUT2D eigenvalue weighted by molar-refractivity contribution is 0.414. The predicted molar refractivity (Wildman–Crippen MR) is 82.5 cm³/mol. The van der Waals surface area contributed by atoms with Gasteiger partial charge in [0.1, 0.15) is 5.75 Å². The van der Waals surface area contributed by atoms with Gasteiger partial charge in [-0.15, -0.1) is 0 Å². The van der Waals surface area contributed by atoms with Gasteiger partial charge in [0.05, 0.1) is 18.8 Å². The molecule has 1 atom stereocenters. The zero-order valence-electron chi connectivity index (χ0n) is 12.8. The van der Waals surface area contributed by atoms with Crippen LogP contribution in [0.5, 0.6) is 5.75 Å². The summed E-state index contributed by atoms with van der Waals surface area (Å²) in [5.74, 6) is 1.80. The molecule has 108 valence electrons. The predicted octanol–water partition coefficient (Wildman–Crippen LogP) is 3.63. The van der Waals surface area contributed by atoms with Crippen molar-refractivity contribution < 1.29 is 4.74 Å². The van der Waals surface area contributed by atoms with Crippen LogP contribution in [0, 0.1) is 6.92 Å². The molecular formula is C16H23N3O. The Kier molecular flexibility index (Phi) is 4.32. The van der Waals surface area contributed by atoms with E-state index in [0.29, 0.717) is 6.04 Å². The fraction of sp³-hybridized carbons (Fsp3) is 0.438. The number of hydrogen-bond donors (Lipinski definition) is 1. The second-order valence-corrected chi connectivity index (χ2v) is 5.36. The van der Waals surface area contributed by atoms with Crippen LogP contribution >= 0.6 is 0 Å². The summed E-state index contributed by atoms with van der Waals surface area (Å²) in [6.45, 7) is 8.43. The Morgan fingerprint density at radius 2 is 1.80 bits per heavy atom. The van der Waals surface area contributed by atoms with E-state index >= 15 is 0 Å². The van der Waals surface area contributed by atoms with Gasteiger partial charge in [0.2, 0.25) is 5.95 Å². The van der Waals surface area contributed by atoms with E-state index in [1.807, 2.05) is 19.1 Å². The standard InChI is InChI=1S/C16H23N3O/c1-11(2)17-16-18-12(3)10-19(16)13(4)14-6-8-15(20-5)9-7-14/h6-11,13H,1-5H3,(H,17,18). The Morgan fingerprint density at radius 3 is 2.35 bits per heavy atom. The minimum absolute atomic E-state index is 0.225. The molecule has 0 aliphatic heterocycles. The van der Waals surface area contributed by atoms with Gasteiger partial charge in [-0.05, 0) is 45.4 Å². The number of imidazole rings is 1. The van der Waals surface area contributed by atoms with Crippen LogP contribution in [0.4, 0.5) is 5.95 Å². The van der Waals surface area contributed by atoms with Crippen LogP contribution in [-0.4, -0.2) is 22.7 Å². The fourth-order valence-corrected chi connectivity index (χ4v) is 2.22. The molecule has 2 aromatic rings. The summed E-state index contributed by atoms with van der Waals surface area (Å²) in [5.41, 5.74) is 2.25. The summed E-state index contributed by atoms with van der Waals surface area (Å²) in [6.07, 6.45) is 2.08. The molecule has 2 rings (SSSR count). The lowest BCUT2D eigenvalue weighted by atomic mass is 10.1. The fourth-order valence-electron chi connectivity index (χ4n) is 2.22. The molecule has 0 aliphatic rings. The summed E-state index contributed by atoms with van der Waals surface area (Å²) < 4.78 is 7.38. The average Bonchev–Trinajstić information content (AvgIpc) is 2.78. The van der Waals surface area contributed by atoms with Crippen molar-refractivity contribution in [1.29, 1.82) is 0 Å². The van der Waals surface area contributed by atoms with E-state index in [0.717, 1.165) is 17.4 Å². The van der Waals surface area contributed by atoms with Crippen LogP contribution in [-0.2, 0) is 0 Å². The quantitative estimate of drug-likeness (QED) is 0.904. The first-order chi connectivity index (χ1) is 9.51. The molecule has 0 amide bonds. The van der Waals surface area contributed by atoms with Gasteiger partial charge in [-0.1, -0.05) is 12.1 Å². The van der Waals surface area contributed by atoms with E-state index in [-0.39, 0.29) is 6.04 Å².